The van der Waals surface area contributed by atoms with Gasteiger partial charge in [-0.2, -0.15) is 0 Å². The Labute approximate surface area is 77.7 Å². The molecular weight excluding hydrogens is 144 g/mol. The Hall–Kier alpha value is 0. The summed E-state index contributed by atoms with van der Waals surface area (Å²) in [6.45, 7) is 11.9. The quantitative estimate of drug-likeness (QED) is 0.507. The summed E-state index contributed by atoms with van der Waals surface area (Å²) < 4.78 is 0. The van der Waals surface area contributed by atoms with Gasteiger partial charge in [0.1, 0.15) is 0 Å². The molecule has 0 N–H and O–H groups in total. The zero-order valence-electron chi connectivity index (χ0n) is 9.33. The first-order valence-corrected chi connectivity index (χ1v) is 5.21. The summed E-state index contributed by atoms with van der Waals surface area (Å²) >= 11 is 0. The van der Waals surface area contributed by atoms with Gasteiger partial charge in [0.25, 0.3) is 0 Å². The van der Waals surface area contributed by atoms with Crippen molar-refractivity contribution in [1.29, 1.82) is 0 Å². The van der Waals surface area contributed by atoms with Gasteiger partial charge in [0, 0.05) is 0 Å². The van der Waals surface area contributed by atoms with Gasteiger partial charge in [-0.3, -0.25) is 0 Å². The van der Waals surface area contributed by atoms with E-state index in [1.165, 1.54) is 25.7 Å². The molecule has 1 saturated carbocycles. The van der Waals surface area contributed by atoms with Gasteiger partial charge in [0.05, 0.1) is 0 Å². The van der Waals surface area contributed by atoms with Gasteiger partial charge in [-0.05, 0) is 29.6 Å². The molecule has 12 heavy (non-hydrogen) atoms. The minimum Gasteiger partial charge on any atom is -0.0596 e. The third-order valence-electron chi connectivity index (χ3n) is 4.08. The second kappa shape index (κ2) is 3.05. The van der Waals surface area contributed by atoms with E-state index in [1.54, 1.807) is 5.92 Å². The van der Waals surface area contributed by atoms with Crippen molar-refractivity contribution in [3.8, 4) is 0 Å². The second-order valence-electron chi connectivity index (χ2n) is 5.57. The molecule has 1 radical (unpaired) electrons. The van der Waals surface area contributed by atoms with Gasteiger partial charge in [-0.1, -0.05) is 47.5 Å². The van der Waals surface area contributed by atoms with E-state index < -0.39 is 0 Å². The predicted molar refractivity (Wildman–Crippen MR) is 54.9 cm³/mol. The monoisotopic (exact) mass is 167 g/mol. The van der Waals surface area contributed by atoms with Gasteiger partial charge >= 0.3 is 0 Å². The van der Waals surface area contributed by atoms with Gasteiger partial charge < -0.3 is 0 Å². The Balaban J connectivity index is 2.79. The molecule has 0 heteroatoms. The molecule has 0 aromatic heterocycles. The standard InChI is InChI=1S/C12H23/c1-10-8-6-7-9-12(10,5)11(2,3)4/h6-9H2,1-5H3. The number of hydrogen-bond donors (Lipinski definition) is 0. The molecule has 1 unspecified atom stereocenters. The summed E-state index contributed by atoms with van der Waals surface area (Å²) in [5, 5.41) is 0. The summed E-state index contributed by atoms with van der Waals surface area (Å²) in [5.74, 6) is 1.72. The van der Waals surface area contributed by atoms with Crippen LogP contribution in [0.4, 0.5) is 0 Å². The molecular formula is C12H23. The van der Waals surface area contributed by atoms with Crippen molar-refractivity contribution in [3.63, 3.8) is 0 Å². The van der Waals surface area contributed by atoms with Crippen molar-refractivity contribution in [3.05, 3.63) is 5.92 Å². The molecule has 0 aliphatic heterocycles. The summed E-state index contributed by atoms with van der Waals surface area (Å²) in [4.78, 5) is 0. The first-order chi connectivity index (χ1) is 5.38. The molecule has 0 nitrogen and oxygen atoms in total. The zero-order valence-corrected chi connectivity index (χ0v) is 9.33. The molecule has 0 spiro atoms. The largest absolute Gasteiger partial charge is 0.0596 e. The summed E-state index contributed by atoms with van der Waals surface area (Å²) in [6.07, 6.45) is 5.58. The third kappa shape index (κ3) is 1.53. The fourth-order valence-corrected chi connectivity index (χ4v) is 2.37. The predicted octanol–water partition coefficient (Wildman–Crippen LogP) is 4.21. The first kappa shape index (κ1) is 10.1. The van der Waals surface area contributed by atoms with Crippen LogP contribution in [0, 0.1) is 16.7 Å². The van der Waals surface area contributed by atoms with Crippen molar-refractivity contribution in [2.75, 3.05) is 0 Å². The SMILES string of the molecule is C[C]1CCCCC1(C)C(C)(C)C. The topological polar surface area (TPSA) is 0 Å². The minimum absolute atomic E-state index is 0.442. The van der Waals surface area contributed by atoms with Crippen molar-refractivity contribution < 1.29 is 0 Å². The van der Waals surface area contributed by atoms with Gasteiger partial charge in [-0.25, -0.2) is 0 Å². The fourth-order valence-electron chi connectivity index (χ4n) is 2.37. The molecule has 1 aliphatic rings. The number of hydrogen-bond acceptors (Lipinski definition) is 0. The van der Waals surface area contributed by atoms with E-state index in [2.05, 4.69) is 34.6 Å². The Bertz CT molecular complexity index is 152. The third-order valence-corrected chi connectivity index (χ3v) is 4.08. The van der Waals surface area contributed by atoms with E-state index in [1.807, 2.05) is 0 Å². The maximum Gasteiger partial charge on any atom is -0.0208 e. The molecule has 0 bridgehead atoms. The first-order valence-electron chi connectivity index (χ1n) is 5.21. The van der Waals surface area contributed by atoms with Crippen LogP contribution in [0.3, 0.4) is 0 Å². The Kier molecular flexibility index (Phi) is 2.56. The Morgan fingerprint density at radius 2 is 1.75 bits per heavy atom. The summed E-state index contributed by atoms with van der Waals surface area (Å²) in [6, 6.07) is 0. The summed E-state index contributed by atoms with van der Waals surface area (Å²) in [5.41, 5.74) is 0.933. The highest BCUT2D eigenvalue weighted by atomic mass is 14.5. The molecule has 0 aromatic rings. The van der Waals surface area contributed by atoms with Crippen LogP contribution in [0.1, 0.15) is 60.3 Å². The normalized spacial score (nSPS) is 33.8. The van der Waals surface area contributed by atoms with Crippen LogP contribution in [-0.2, 0) is 0 Å². The van der Waals surface area contributed by atoms with Crippen LogP contribution in [0.25, 0.3) is 0 Å². The molecule has 1 rings (SSSR count). The van der Waals surface area contributed by atoms with Crippen LogP contribution in [0.2, 0.25) is 0 Å². The molecule has 0 heterocycles. The highest BCUT2D eigenvalue weighted by Gasteiger charge is 2.43. The van der Waals surface area contributed by atoms with Gasteiger partial charge in [-0.15, -0.1) is 0 Å². The average Bonchev–Trinajstić information content (AvgIpc) is 1.93. The van der Waals surface area contributed by atoms with Crippen molar-refractivity contribution >= 4 is 0 Å². The molecule has 0 amide bonds. The Morgan fingerprint density at radius 3 is 2.08 bits per heavy atom. The van der Waals surface area contributed by atoms with Crippen molar-refractivity contribution in [2.24, 2.45) is 10.8 Å². The van der Waals surface area contributed by atoms with Crippen LogP contribution < -0.4 is 0 Å². The lowest BCUT2D eigenvalue weighted by molar-refractivity contribution is 0.0867. The maximum atomic E-state index is 2.45. The van der Waals surface area contributed by atoms with Crippen molar-refractivity contribution in [1.82, 2.24) is 0 Å². The van der Waals surface area contributed by atoms with Crippen LogP contribution in [0.5, 0.6) is 0 Å². The average molecular weight is 167 g/mol. The van der Waals surface area contributed by atoms with Crippen LogP contribution >= 0.6 is 0 Å². The van der Waals surface area contributed by atoms with E-state index in [-0.39, 0.29) is 0 Å². The summed E-state index contributed by atoms with van der Waals surface area (Å²) in [7, 11) is 0. The zero-order chi connectivity index (χ0) is 9.41. The smallest absolute Gasteiger partial charge is 0.0208 e. The second-order valence-corrected chi connectivity index (χ2v) is 5.57. The molecule has 1 aliphatic carbocycles. The lowest BCUT2D eigenvalue weighted by Crippen LogP contribution is -2.39. The highest BCUT2D eigenvalue weighted by Crippen LogP contribution is 2.53. The molecule has 0 saturated heterocycles. The fraction of sp³-hybridized carbons (Fsp3) is 0.917. The minimum atomic E-state index is 0.442. The van der Waals surface area contributed by atoms with Crippen molar-refractivity contribution in [2.45, 2.75) is 60.3 Å². The van der Waals surface area contributed by atoms with E-state index in [9.17, 15) is 0 Å². The highest BCUT2D eigenvalue weighted by molar-refractivity contribution is 5.09. The van der Waals surface area contributed by atoms with Gasteiger partial charge in [0.15, 0.2) is 0 Å². The maximum absolute atomic E-state index is 2.45. The van der Waals surface area contributed by atoms with Crippen LogP contribution in [-0.4, -0.2) is 0 Å². The van der Waals surface area contributed by atoms with E-state index in [0.29, 0.717) is 10.8 Å². The lowest BCUT2D eigenvalue weighted by atomic mass is 9.56. The molecule has 1 fully saturated rings. The lowest BCUT2D eigenvalue weighted by Gasteiger charge is -2.49. The molecule has 1 atom stereocenters. The van der Waals surface area contributed by atoms with E-state index >= 15 is 0 Å². The molecule has 71 valence electrons. The molecule has 0 aromatic carbocycles. The van der Waals surface area contributed by atoms with E-state index in [0.717, 1.165) is 0 Å². The van der Waals surface area contributed by atoms with Crippen LogP contribution in [0.15, 0.2) is 0 Å². The Morgan fingerprint density at radius 1 is 1.17 bits per heavy atom. The van der Waals surface area contributed by atoms with Gasteiger partial charge in [0.2, 0.25) is 0 Å². The van der Waals surface area contributed by atoms with E-state index in [4.69, 9.17) is 0 Å². The number of rotatable bonds is 0.